The van der Waals surface area contributed by atoms with E-state index < -0.39 is 17.4 Å². The number of hydrogen-bond acceptors (Lipinski definition) is 4. The molecule has 1 unspecified atom stereocenters. The normalized spacial score (nSPS) is 16.2. The van der Waals surface area contributed by atoms with Gasteiger partial charge in [0.1, 0.15) is 17.1 Å². The van der Waals surface area contributed by atoms with E-state index >= 15 is 0 Å². The lowest BCUT2D eigenvalue weighted by Crippen LogP contribution is -2.30. The monoisotopic (exact) mass is 500 g/mol. The van der Waals surface area contributed by atoms with Crippen LogP contribution in [0.3, 0.4) is 0 Å². The van der Waals surface area contributed by atoms with Crippen molar-refractivity contribution < 1.29 is 22.3 Å². The Morgan fingerprint density at radius 3 is 2.61 bits per heavy atom. The third kappa shape index (κ3) is 4.00. The average Bonchev–Trinajstić information content (AvgIpc) is 3.41. The number of ether oxygens (including phenoxy) is 1. The molecular weight excluding hydrogens is 476 g/mol. The number of pyridine rings is 1. The van der Waals surface area contributed by atoms with Gasteiger partial charge in [-0.3, -0.25) is 14.1 Å². The molecule has 1 aliphatic rings. The molecule has 0 radical (unpaired) electrons. The molecule has 1 fully saturated rings. The third-order valence-electron chi connectivity index (χ3n) is 6.70. The van der Waals surface area contributed by atoms with Gasteiger partial charge in [-0.05, 0) is 49.2 Å². The van der Waals surface area contributed by atoms with Crippen LogP contribution < -0.4 is 15.3 Å². The molecule has 6 nitrogen and oxygen atoms in total. The summed E-state index contributed by atoms with van der Waals surface area (Å²) in [5, 5.41) is 0. The van der Waals surface area contributed by atoms with E-state index in [0.29, 0.717) is 42.0 Å². The summed E-state index contributed by atoms with van der Waals surface area (Å²) in [6.07, 6.45) is -2.77. The summed E-state index contributed by atoms with van der Waals surface area (Å²) in [6, 6.07) is 11.9. The summed E-state index contributed by atoms with van der Waals surface area (Å²) in [5.74, 6) is 0.0366. The quantitative estimate of drug-likeness (QED) is 0.355. The van der Waals surface area contributed by atoms with E-state index in [-0.39, 0.29) is 24.1 Å². The highest BCUT2D eigenvalue weighted by Crippen LogP contribution is 2.35. The summed E-state index contributed by atoms with van der Waals surface area (Å²) >= 11 is 0. The molecule has 0 aliphatic carbocycles. The lowest BCUT2D eigenvalue weighted by molar-refractivity contribution is -0.138. The van der Waals surface area contributed by atoms with Crippen molar-refractivity contribution in [3.05, 3.63) is 87.9 Å². The number of para-hydroxylation sites is 2. The van der Waals surface area contributed by atoms with Gasteiger partial charge in [0.25, 0.3) is 0 Å². The van der Waals surface area contributed by atoms with Crippen molar-refractivity contribution in [3.63, 3.8) is 0 Å². The molecule has 36 heavy (non-hydrogen) atoms. The van der Waals surface area contributed by atoms with Crippen LogP contribution in [-0.2, 0) is 12.7 Å². The topological polar surface area (TPSA) is 52.3 Å². The van der Waals surface area contributed by atoms with Crippen LogP contribution in [0.15, 0.2) is 59.5 Å². The number of aromatic nitrogens is 3. The van der Waals surface area contributed by atoms with Crippen molar-refractivity contribution in [2.45, 2.75) is 32.1 Å². The summed E-state index contributed by atoms with van der Waals surface area (Å²) < 4.78 is 63.9. The Labute approximate surface area is 204 Å². The first-order valence-electron chi connectivity index (χ1n) is 11.5. The van der Waals surface area contributed by atoms with Crippen LogP contribution in [0.2, 0.25) is 0 Å². The highest BCUT2D eigenvalue weighted by molar-refractivity contribution is 5.83. The molecule has 1 aliphatic heterocycles. The molecule has 5 rings (SSSR count). The van der Waals surface area contributed by atoms with Gasteiger partial charge >= 0.3 is 11.9 Å². The molecule has 0 spiro atoms. The van der Waals surface area contributed by atoms with Crippen molar-refractivity contribution in [2.24, 2.45) is 0 Å². The minimum atomic E-state index is -4.61. The van der Waals surface area contributed by atoms with Crippen molar-refractivity contribution >= 4 is 16.7 Å². The standard InChI is InChI=1S/C26H24F4N4O2/c1-16-6-3-8-19(27)23(16)32-13-11-17(14-32)34-21-9-4-10-22(36-2)24(21)33(25(34)35)15-20-18(26(28,29)30)7-5-12-31-20/h3-10,12,17H,11,13-15H2,1-2H3. The highest BCUT2D eigenvalue weighted by Gasteiger charge is 2.35. The largest absolute Gasteiger partial charge is 0.494 e. The summed E-state index contributed by atoms with van der Waals surface area (Å²) in [6.45, 7) is 2.38. The summed E-state index contributed by atoms with van der Waals surface area (Å²) in [7, 11) is 1.45. The third-order valence-corrected chi connectivity index (χ3v) is 6.70. The number of rotatable bonds is 5. The van der Waals surface area contributed by atoms with Crippen LogP contribution in [0.1, 0.15) is 29.3 Å². The van der Waals surface area contributed by atoms with Crippen LogP contribution in [-0.4, -0.2) is 34.3 Å². The second-order valence-electron chi connectivity index (χ2n) is 8.86. The minimum Gasteiger partial charge on any atom is -0.494 e. The first-order chi connectivity index (χ1) is 17.2. The van der Waals surface area contributed by atoms with E-state index in [0.717, 1.165) is 11.6 Å². The van der Waals surface area contributed by atoms with Gasteiger partial charge in [-0.25, -0.2) is 9.18 Å². The lowest BCUT2D eigenvalue weighted by Gasteiger charge is -2.21. The predicted octanol–water partition coefficient (Wildman–Crippen LogP) is 5.17. The maximum Gasteiger partial charge on any atom is 0.418 e. The number of nitrogens with zero attached hydrogens (tertiary/aromatic N) is 4. The first-order valence-corrected chi connectivity index (χ1v) is 11.5. The number of benzene rings is 2. The molecule has 0 bridgehead atoms. The van der Waals surface area contributed by atoms with E-state index in [2.05, 4.69) is 4.98 Å². The van der Waals surface area contributed by atoms with Gasteiger partial charge in [-0.15, -0.1) is 0 Å². The van der Waals surface area contributed by atoms with Crippen molar-refractivity contribution in [1.82, 2.24) is 14.1 Å². The highest BCUT2D eigenvalue weighted by atomic mass is 19.4. The fourth-order valence-corrected chi connectivity index (χ4v) is 5.12. The van der Waals surface area contributed by atoms with E-state index in [1.807, 2.05) is 17.9 Å². The van der Waals surface area contributed by atoms with Crippen LogP contribution in [0.5, 0.6) is 5.75 Å². The van der Waals surface area contributed by atoms with Gasteiger partial charge in [0.15, 0.2) is 0 Å². The number of hydrogen-bond donors (Lipinski definition) is 0. The zero-order valence-corrected chi connectivity index (χ0v) is 19.7. The average molecular weight is 500 g/mol. The molecule has 10 heteroatoms. The maximum absolute atomic E-state index is 14.6. The number of imidazole rings is 1. The Hall–Kier alpha value is -3.82. The van der Waals surface area contributed by atoms with Crippen LogP contribution >= 0.6 is 0 Å². The van der Waals surface area contributed by atoms with Crippen LogP contribution in [0, 0.1) is 12.7 Å². The molecule has 188 valence electrons. The van der Waals surface area contributed by atoms with Gasteiger partial charge in [0.05, 0.1) is 42.2 Å². The molecule has 1 saturated heterocycles. The van der Waals surface area contributed by atoms with Crippen molar-refractivity contribution in [3.8, 4) is 5.75 Å². The smallest absolute Gasteiger partial charge is 0.418 e. The Kier molecular flexibility index (Phi) is 5.97. The van der Waals surface area contributed by atoms with Crippen molar-refractivity contribution in [1.29, 1.82) is 0 Å². The molecule has 2 aromatic heterocycles. The fraction of sp³-hybridized carbons (Fsp3) is 0.308. The molecule has 2 aromatic carbocycles. The Morgan fingerprint density at radius 2 is 1.89 bits per heavy atom. The zero-order valence-electron chi connectivity index (χ0n) is 19.7. The zero-order chi connectivity index (χ0) is 25.6. The molecule has 0 amide bonds. The summed E-state index contributed by atoms with van der Waals surface area (Å²) in [5.41, 5.74) is 0.608. The molecule has 3 heterocycles. The summed E-state index contributed by atoms with van der Waals surface area (Å²) in [4.78, 5) is 19.6. The molecule has 1 atom stereocenters. The number of aryl methyl sites for hydroxylation is 1. The van der Waals surface area contributed by atoms with E-state index in [1.165, 1.54) is 30.0 Å². The Bertz CT molecular complexity index is 1470. The second kappa shape index (κ2) is 9.00. The molecule has 0 saturated carbocycles. The van der Waals surface area contributed by atoms with Crippen LogP contribution in [0.25, 0.3) is 11.0 Å². The lowest BCUT2D eigenvalue weighted by atomic mass is 10.2. The predicted molar refractivity (Wildman–Crippen MR) is 128 cm³/mol. The van der Waals surface area contributed by atoms with E-state index in [4.69, 9.17) is 4.74 Å². The SMILES string of the molecule is COc1cccc2c1n(Cc1ncccc1C(F)(F)F)c(=O)n2C1CCN(c2c(C)cccc2F)C1. The van der Waals surface area contributed by atoms with Gasteiger partial charge < -0.3 is 9.64 Å². The van der Waals surface area contributed by atoms with Crippen molar-refractivity contribution in [2.75, 3.05) is 25.1 Å². The number of anilines is 1. The minimum absolute atomic E-state index is 0.257. The second-order valence-corrected chi connectivity index (χ2v) is 8.86. The van der Waals surface area contributed by atoms with Gasteiger partial charge in [0.2, 0.25) is 0 Å². The van der Waals surface area contributed by atoms with E-state index in [9.17, 15) is 22.4 Å². The number of fused-ring (bicyclic) bond motifs is 1. The van der Waals surface area contributed by atoms with E-state index in [1.54, 1.807) is 28.8 Å². The Balaban J connectivity index is 1.61. The van der Waals surface area contributed by atoms with Crippen LogP contribution in [0.4, 0.5) is 23.2 Å². The Morgan fingerprint density at radius 1 is 1.11 bits per heavy atom. The first kappa shape index (κ1) is 23.9. The van der Waals surface area contributed by atoms with Gasteiger partial charge in [0, 0.05) is 19.3 Å². The molecule has 4 aromatic rings. The molecular formula is C26H24F4N4O2. The van der Waals surface area contributed by atoms with Gasteiger partial charge in [-0.1, -0.05) is 18.2 Å². The number of methoxy groups -OCH3 is 1. The van der Waals surface area contributed by atoms with Gasteiger partial charge in [-0.2, -0.15) is 13.2 Å². The molecule has 0 N–H and O–H groups in total. The maximum atomic E-state index is 14.6. The number of halogens is 4. The fourth-order valence-electron chi connectivity index (χ4n) is 5.12. The number of alkyl halides is 3.